The van der Waals surface area contributed by atoms with Crippen molar-refractivity contribution >= 4 is 33.2 Å². The molecule has 0 aliphatic heterocycles. The van der Waals surface area contributed by atoms with Gasteiger partial charge < -0.3 is 5.73 Å². The quantitative estimate of drug-likeness (QED) is 0.486. The minimum Gasteiger partial charge on any atom is -0.382 e. The lowest BCUT2D eigenvalue weighted by atomic mass is 10.3. The highest BCUT2D eigenvalue weighted by atomic mass is 32.2. The van der Waals surface area contributed by atoms with Crippen LogP contribution in [0.1, 0.15) is 11.4 Å². The van der Waals surface area contributed by atoms with Crippen molar-refractivity contribution in [2.75, 3.05) is 10.5 Å². The second-order valence-corrected chi connectivity index (χ2v) is 7.30. The number of hydrogen-bond donors (Lipinski definition) is 4. The zero-order chi connectivity index (χ0) is 19.6. The number of nitrogen functional groups attached to an aromatic ring is 1. The third kappa shape index (κ3) is 4.17. The standard InChI is InChI=1S/C15H16N8O3S/c1-8-7-9(2)18-15(17-8)23-27(25,26)11-5-3-10(4-6-11)19-20-12-13(16)21-22-14(12)24/h3-7H,1-2H3,(H,17,18,23)(H4,16,21,22,24). The zero-order valence-electron chi connectivity index (χ0n) is 14.4. The summed E-state index contributed by atoms with van der Waals surface area (Å²) in [6.45, 7) is 3.49. The Morgan fingerprint density at radius 2 is 1.67 bits per heavy atom. The highest BCUT2D eigenvalue weighted by Crippen LogP contribution is 2.21. The molecule has 12 heteroatoms. The number of nitrogens with zero attached hydrogens (tertiary/aromatic N) is 4. The minimum absolute atomic E-state index is 0.00146. The third-order valence-electron chi connectivity index (χ3n) is 3.40. The van der Waals surface area contributed by atoms with Gasteiger partial charge in [-0.25, -0.2) is 23.1 Å². The first-order chi connectivity index (χ1) is 12.7. The molecule has 3 aromatic rings. The van der Waals surface area contributed by atoms with Crippen molar-refractivity contribution in [2.24, 2.45) is 10.2 Å². The van der Waals surface area contributed by atoms with Gasteiger partial charge in [-0.1, -0.05) is 0 Å². The van der Waals surface area contributed by atoms with Gasteiger partial charge in [-0.2, -0.15) is 5.11 Å². The van der Waals surface area contributed by atoms with Gasteiger partial charge in [-0.05, 0) is 44.2 Å². The summed E-state index contributed by atoms with van der Waals surface area (Å²) in [5.41, 5.74) is 6.62. The van der Waals surface area contributed by atoms with Crippen molar-refractivity contribution in [3.63, 3.8) is 0 Å². The van der Waals surface area contributed by atoms with E-state index in [2.05, 4.69) is 35.1 Å². The van der Waals surface area contributed by atoms with Crippen molar-refractivity contribution < 1.29 is 8.42 Å². The van der Waals surface area contributed by atoms with E-state index in [-0.39, 0.29) is 22.3 Å². The van der Waals surface area contributed by atoms with E-state index in [1.54, 1.807) is 19.9 Å². The number of nitrogens with two attached hydrogens (primary N) is 1. The molecule has 2 aromatic heterocycles. The van der Waals surface area contributed by atoms with Crippen LogP contribution in [0.4, 0.5) is 23.1 Å². The number of sulfonamides is 1. The normalized spacial score (nSPS) is 11.8. The fourth-order valence-corrected chi connectivity index (χ4v) is 3.16. The van der Waals surface area contributed by atoms with E-state index in [1.807, 2.05) is 0 Å². The molecule has 140 valence electrons. The summed E-state index contributed by atoms with van der Waals surface area (Å²) in [5, 5.41) is 12.3. The monoisotopic (exact) mass is 388 g/mol. The molecule has 3 rings (SSSR count). The molecule has 0 bridgehead atoms. The van der Waals surface area contributed by atoms with E-state index in [1.165, 1.54) is 24.3 Å². The molecule has 5 N–H and O–H groups in total. The number of aromatic nitrogens is 4. The Morgan fingerprint density at radius 1 is 1.04 bits per heavy atom. The van der Waals surface area contributed by atoms with Gasteiger partial charge in [0.2, 0.25) is 5.95 Å². The molecule has 0 atom stereocenters. The SMILES string of the molecule is Cc1cc(C)nc(NS(=O)(=O)c2ccc(N=Nc3c(N)[nH][nH]c3=O)cc2)n1. The van der Waals surface area contributed by atoms with E-state index < -0.39 is 15.6 Å². The van der Waals surface area contributed by atoms with Crippen LogP contribution in [-0.2, 0) is 10.0 Å². The van der Waals surface area contributed by atoms with Crippen LogP contribution in [-0.4, -0.2) is 28.6 Å². The van der Waals surface area contributed by atoms with E-state index in [9.17, 15) is 13.2 Å². The Kier molecular flexibility index (Phi) is 4.73. The number of azo groups is 1. The van der Waals surface area contributed by atoms with Crippen LogP contribution < -0.4 is 16.0 Å². The van der Waals surface area contributed by atoms with Crippen molar-refractivity contribution in [3.05, 3.63) is 52.1 Å². The predicted molar refractivity (Wildman–Crippen MR) is 98.8 cm³/mol. The topological polar surface area (TPSA) is 171 Å². The predicted octanol–water partition coefficient (Wildman–Crippen LogP) is 1.91. The zero-order valence-corrected chi connectivity index (χ0v) is 15.2. The van der Waals surface area contributed by atoms with Crippen LogP contribution in [0.15, 0.2) is 50.3 Å². The van der Waals surface area contributed by atoms with Crippen LogP contribution in [0.25, 0.3) is 0 Å². The lowest BCUT2D eigenvalue weighted by molar-refractivity contribution is 0.601. The summed E-state index contributed by atoms with van der Waals surface area (Å²) in [6, 6.07) is 7.32. The molecule has 0 saturated carbocycles. The first kappa shape index (κ1) is 18.3. The van der Waals surface area contributed by atoms with Gasteiger partial charge in [-0.15, -0.1) is 5.11 Å². The molecule has 1 aromatic carbocycles. The van der Waals surface area contributed by atoms with Crippen LogP contribution in [0, 0.1) is 13.8 Å². The summed E-state index contributed by atoms with van der Waals surface area (Å²) in [7, 11) is -3.86. The Bertz CT molecular complexity index is 1140. The maximum Gasteiger partial charge on any atom is 0.293 e. The molecule has 27 heavy (non-hydrogen) atoms. The minimum atomic E-state index is -3.86. The number of nitrogens with one attached hydrogen (secondary N) is 3. The van der Waals surface area contributed by atoms with Crippen molar-refractivity contribution in [1.82, 2.24) is 20.2 Å². The fourth-order valence-electron chi connectivity index (χ4n) is 2.21. The van der Waals surface area contributed by atoms with Crippen LogP contribution >= 0.6 is 0 Å². The first-order valence-corrected chi connectivity index (χ1v) is 9.16. The molecule has 2 heterocycles. The molecule has 0 unspecified atom stereocenters. The number of benzene rings is 1. The highest BCUT2D eigenvalue weighted by molar-refractivity contribution is 7.92. The number of anilines is 2. The van der Waals surface area contributed by atoms with Gasteiger partial charge in [0.25, 0.3) is 15.6 Å². The summed E-state index contributed by atoms with van der Waals surface area (Å²) < 4.78 is 27.3. The average Bonchev–Trinajstić information content (AvgIpc) is 2.90. The third-order valence-corrected chi connectivity index (χ3v) is 4.75. The molecule has 0 radical (unpaired) electrons. The number of H-pyrrole nitrogens is 2. The second-order valence-electron chi connectivity index (χ2n) is 5.62. The van der Waals surface area contributed by atoms with Crippen LogP contribution in [0.3, 0.4) is 0 Å². The van der Waals surface area contributed by atoms with Crippen molar-refractivity contribution in [3.8, 4) is 0 Å². The average molecular weight is 388 g/mol. The maximum absolute atomic E-state index is 12.5. The lowest BCUT2D eigenvalue weighted by Crippen LogP contribution is -2.15. The highest BCUT2D eigenvalue weighted by Gasteiger charge is 2.16. The molecule has 0 aliphatic carbocycles. The fraction of sp³-hybridized carbons (Fsp3) is 0.133. The molecule has 0 spiro atoms. The first-order valence-electron chi connectivity index (χ1n) is 7.67. The van der Waals surface area contributed by atoms with Crippen molar-refractivity contribution in [1.29, 1.82) is 0 Å². The second kappa shape index (κ2) is 6.99. The molecule has 11 nitrogen and oxygen atoms in total. The van der Waals surface area contributed by atoms with Gasteiger partial charge in [0.1, 0.15) is 5.82 Å². The largest absolute Gasteiger partial charge is 0.382 e. The summed E-state index contributed by atoms with van der Waals surface area (Å²) in [5.74, 6) is 0.0546. The molecule has 0 amide bonds. The van der Waals surface area contributed by atoms with Crippen LogP contribution in [0.5, 0.6) is 0 Å². The number of hydrogen-bond acceptors (Lipinski definition) is 8. The van der Waals surface area contributed by atoms with Gasteiger partial charge in [0.15, 0.2) is 5.69 Å². The number of rotatable bonds is 5. The molecule has 0 saturated heterocycles. The van der Waals surface area contributed by atoms with Gasteiger partial charge in [0.05, 0.1) is 10.6 Å². The van der Waals surface area contributed by atoms with E-state index in [0.717, 1.165) is 0 Å². The van der Waals surface area contributed by atoms with Crippen molar-refractivity contribution in [2.45, 2.75) is 18.7 Å². The van der Waals surface area contributed by atoms with Gasteiger partial charge in [0, 0.05) is 11.4 Å². The van der Waals surface area contributed by atoms with Gasteiger partial charge in [-0.3, -0.25) is 15.0 Å². The smallest absolute Gasteiger partial charge is 0.293 e. The Morgan fingerprint density at radius 3 is 2.22 bits per heavy atom. The number of aromatic amines is 2. The van der Waals surface area contributed by atoms with E-state index in [0.29, 0.717) is 17.1 Å². The molecular weight excluding hydrogens is 372 g/mol. The molecule has 0 fully saturated rings. The van der Waals surface area contributed by atoms with E-state index in [4.69, 9.17) is 5.73 Å². The maximum atomic E-state index is 12.5. The lowest BCUT2D eigenvalue weighted by Gasteiger charge is -2.08. The number of aryl methyl sites for hydroxylation is 2. The summed E-state index contributed by atoms with van der Waals surface area (Å²) in [6.07, 6.45) is 0. The molecule has 0 aliphatic rings. The van der Waals surface area contributed by atoms with E-state index >= 15 is 0 Å². The summed E-state index contributed by atoms with van der Waals surface area (Å²) in [4.78, 5) is 19.6. The Labute approximate surface area is 153 Å². The Balaban J connectivity index is 1.80. The van der Waals surface area contributed by atoms with Gasteiger partial charge >= 0.3 is 0 Å². The summed E-state index contributed by atoms with van der Waals surface area (Å²) >= 11 is 0. The Hall–Kier alpha value is -3.54. The molecular formula is C15H16N8O3S. The van der Waals surface area contributed by atoms with Crippen LogP contribution in [0.2, 0.25) is 0 Å².